The van der Waals surface area contributed by atoms with E-state index in [9.17, 15) is 0 Å². The number of rotatable bonds is 3. The zero-order valence-electron chi connectivity index (χ0n) is 11.0. The van der Waals surface area contributed by atoms with E-state index < -0.39 is 0 Å². The van der Waals surface area contributed by atoms with Crippen LogP contribution in [0.1, 0.15) is 13.8 Å². The number of nitrogens with one attached hydrogen (secondary N) is 1. The molecule has 0 spiro atoms. The molecule has 0 saturated carbocycles. The van der Waals surface area contributed by atoms with Crippen LogP contribution in [-0.2, 0) is 0 Å². The van der Waals surface area contributed by atoms with Gasteiger partial charge in [-0.25, -0.2) is 9.97 Å². The smallest absolute Gasteiger partial charge is 0.157 e. The van der Waals surface area contributed by atoms with Crippen molar-refractivity contribution in [3.63, 3.8) is 0 Å². The van der Waals surface area contributed by atoms with E-state index in [-0.39, 0.29) is 0 Å². The molecule has 1 saturated heterocycles. The lowest BCUT2D eigenvalue weighted by Crippen LogP contribution is -2.40. The summed E-state index contributed by atoms with van der Waals surface area (Å²) in [6, 6.07) is 0. The molecule has 1 aliphatic rings. The lowest BCUT2D eigenvalue weighted by Gasteiger charge is -2.35. The third-order valence-electron chi connectivity index (χ3n) is 3.17. The number of halogens is 1. The quantitative estimate of drug-likeness (QED) is 0.866. The van der Waals surface area contributed by atoms with Crippen molar-refractivity contribution >= 4 is 34.9 Å². The predicted molar refractivity (Wildman–Crippen MR) is 79.9 cm³/mol. The zero-order chi connectivity index (χ0) is 13.1. The van der Waals surface area contributed by atoms with E-state index in [2.05, 4.69) is 34.0 Å². The normalized spacial score (nSPS) is 20.3. The summed E-state index contributed by atoms with van der Waals surface area (Å²) in [7, 11) is 1.85. The standard InChI is InChI=1S/C12H19ClN4S/c1-8(2)9-6-17(4-5-18-9)12-10(14-3)11(13)15-7-16-12/h7-9,14H,4-6H2,1-3H3. The summed E-state index contributed by atoms with van der Waals surface area (Å²) < 4.78 is 0. The van der Waals surface area contributed by atoms with E-state index in [0.717, 1.165) is 30.3 Å². The number of hydrogen-bond donors (Lipinski definition) is 1. The first kappa shape index (κ1) is 13.7. The number of anilines is 2. The molecule has 1 aromatic rings. The van der Waals surface area contributed by atoms with Gasteiger partial charge in [-0.05, 0) is 5.92 Å². The Morgan fingerprint density at radius 3 is 2.94 bits per heavy atom. The molecule has 18 heavy (non-hydrogen) atoms. The fraction of sp³-hybridized carbons (Fsp3) is 0.667. The summed E-state index contributed by atoms with van der Waals surface area (Å²) in [4.78, 5) is 10.7. The highest BCUT2D eigenvalue weighted by Gasteiger charge is 2.25. The minimum absolute atomic E-state index is 0.488. The molecule has 0 amide bonds. The van der Waals surface area contributed by atoms with Crippen LogP contribution in [0.4, 0.5) is 11.5 Å². The van der Waals surface area contributed by atoms with Crippen molar-refractivity contribution in [2.45, 2.75) is 19.1 Å². The molecule has 4 nitrogen and oxygen atoms in total. The predicted octanol–water partition coefficient (Wildman–Crippen LogP) is 2.75. The van der Waals surface area contributed by atoms with Crippen LogP contribution in [-0.4, -0.2) is 41.1 Å². The van der Waals surface area contributed by atoms with Crippen LogP contribution >= 0.6 is 23.4 Å². The maximum Gasteiger partial charge on any atom is 0.157 e. The third-order valence-corrected chi connectivity index (χ3v) is 4.99. The Bertz CT molecular complexity index is 413. The highest BCUT2D eigenvalue weighted by Crippen LogP contribution is 2.33. The van der Waals surface area contributed by atoms with Crippen LogP contribution in [0.3, 0.4) is 0 Å². The van der Waals surface area contributed by atoms with Crippen LogP contribution in [0.15, 0.2) is 6.33 Å². The SMILES string of the molecule is CNc1c(Cl)ncnc1N1CCSC(C(C)C)C1. The first-order chi connectivity index (χ1) is 8.63. The van der Waals surface area contributed by atoms with Crippen molar-refractivity contribution in [1.29, 1.82) is 0 Å². The highest BCUT2D eigenvalue weighted by molar-refractivity contribution is 8.00. The molecule has 1 fully saturated rings. The second-order valence-electron chi connectivity index (χ2n) is 4.71. The molecule has 1 N–H and O–H groups in total. The summed E-state index contributed by atoms with van der Waals surface area (Å²) in [6.07, 6.45) is 1.53. The molecule has 1 unspecified atom stereocenters. The van der Waals surface area contributed by atoms with E-state index in [1.54, 1.807) is 0 Å². The van der Waals surface area contributed by atoms with Crippen LogP contribution < -0.4 is 10.2 Å². The van der Waals surface area contributed by atoms with Gasteiger partial charge >= 0.3 is 0 Å². The van der Waals surface area contributed by atoms with Crippen LogP contribution in [0.5, 0.6) is 0 Å². The van der Waals surface area contributed by atoms with Gasteiger partial charge in [0.1, 0.15) is 12.0 Å². The van der Waals surface area contributed by atoms with Gasteiger partial charge in [-0.3, -0.25) is 0 Å². The van der Waals surface area contributed by atoms with Gasteiger partial charge in [0.05, 0.1) is 0 Å². The topological polar surface area (TPSA) is 41.1 Å². The van der Waals surface area contributed by atoms with Gasteiger partial charge in [0.15, 0.2) is 11.0 Å². The molecule has 0 bridgehead atoms. The molecule has 2 rings (SSSR count). The van der Waals surface area contributed by atoms with Crippen LogP contribution in [0.2, 0.25) is 5.15 Å². The van der Waals surface area contributed by atoms with Gasteiger partial charge in [-0.15, -0.1) is 0 Å². The first-order valence-electron chi connectivity index (χ1n) is 6.18. The van der Waals surface area contributed by atoms with Crippen molar-refractivity contribution in [3.8, 4) is 0 Å². The highest BCUT2D eigenvalue weighted by atomic mass is 35.5. The Kier molecular flexibility index (Phi) is 4.56. The van der Waals surface area contributed by atoms with E-state index in [4.69, 9.17) is 11.6 Å². The minimum atomic E-state index is 0.488. The maximum atomic E-state index is 6.10. The van der Waals surface area contributed by atoms with Gasteiger partial charge in [-0.1, -0.05) is 25.4 Å². The average Bonchev–Trinajstić information content (AvgIpc) is 2.38. The fourth-order valence-electron chi connectivity index (χ4n) is 2.08. The van der Waals surface area contributed by atoms with Gasteiger partial charge < -0.3 is 10.2 Å². The molecule has 100 valence electrons. The van der Waals surface area contributed by atoms with Gasteiger partial charge in [0.2, 0.25) is 0 Å². The summed E-state index contributed by atoms with van der Waals surface area (Å²) in [6.45, 7) is 6.57. The van der Waals surface area contributed by atoms with Crippen molar-refractivity contribution in [2.75, 3.05) is 36.1 Å². The van der Waals surface area contributed by atoms with Gasteiger partial charge in [0, 0.05) is 31.1 Å². The lowest BCUT2D eigenvalue weighted by atomic mass is 10.1. The Hall–Kier alpha value is -0.680. The molecule has 6 heteroatoms. The Morgan fingerprint density at radius 1 is 1.50 bits per heavy atom. The second-order valence-corrected chi connectivity index (χ2v) is 6.42. The molecular weight excluding hydrogens is 268 g/mol. The summed E-state index contributed by atoms with van der Waals surface area (Å²) in [5.41, 5.74) is 0.827. The second kappa shape index (κ2) is 5.97. The number of thioether (sulfide) groups is 1. The molecule has 0 radical (unpaired) electrons. The molecule has 0 aromatic carbocycles. The molecule has 2 heterocycles. The third kappa shape index (κ3) is 2.83. The molecular formula is C12H19ClN4S. The zero-order valence-corrected chi connectivity index (χ0v) is 12.6. The lowest BCUT2D eigenvalue weighted by molar-refractivity contribution is 0.580. The number of aromatic nitrogens is 2. The fourth-order valence-corrected chi connectivity index (χ4v) is 3.60. The van der Waals surface area contributed by atoms with E-state index >= 15 is 0 Å². The largest absolute Gasteiger partial charge is 0.383 e. The molecule has 1 atom stereocenters. The van der Waals surface area contributed by atoms with Gasteiger partial charge in [0.25, 0.3) is 0 Å². The Balaban J connectivity index is 2.23. The monoisotopic (exact) mass is 286 g/mol. The van der Waals surface area contributed by atoms with Crippen LogP contribution in [0, 0.1) is 5.92 Å². The molecule has 1 aliphatic heterocycles. The van der Waals surface area contributed by atoms with Crippen molar-refractivity contribution in [1.82, 2.24) is 9.97 Å². The summed E-state index contributed by atoms with van der Waals surface area (Å²) >= 11 is 8.15. The summed E-state index contributed by atoms with van der Waals surface area (Å²) in [5.74, 6) is 2.73. The van der Waals surface area contributed by atoms with E-state index in [1.165, 1.54) is 6.33 Å². The maximum absolute atomic E-state index is 6.10. The number of nitrogens with zero attached hydrogens (tertiary/aromatic N) is 3. The van der Waals surface area contributed by atoms with Gasteiger partial charge in [-0.2, -0.15) is 11.8 Å². The van der Waals surface area contributed by atoms with Crippen molar-refractivity contribution < 1.29 is 0 Å². The average molecular weight is 287 g/mol. The van der Waals surface area contributed by atoms with Crippen LogP contribution in [0.25, 0.3) is 0 Å². The van der Waals surface area contributed by atoms with E-state index in [1.807, 2.05) is 18.8 Å². The van der Waals surface area contributed by atoms with Crippen molar-refractivity contribution in [3.05, 3.63) is 11.5 Å². The Morgan fingerprint density at radius 2 is 2.28 bits per heavy atom. The van der Waals surface area contributed by atoms with Crippen molar-refractivity contribution in [2.24, 2.45) is 5.92 Å². The Labute approximate surface area is 118 Å². The minimum Gasteiger partial charge on any atom is -0.383 e. The number of hydrogen-bond acceptors (Lipinski definition) is 5. The summed E-state index contributed by atoms with van der Waals surface area (Å²) in [5, 5.41) is 4.24. The molecule has 0 aliphatic carbocycles. The molecule has 1 aromatic heterocycles. The van der Waals surface area contributed by atoms with E-state index in [0.29, 0.717) is 16.3 Å². The first-order valence-corrected chi connectivity index (χ1v) is 7.61.